The van der Waals surface area contributed by atoms with Gasteiger partial charge in [-0.25, -0.2) is 0 Å². The summed E-state index contributed by atoms with van der Waals surface area (Å²) in [4.78, 5) is 2.45. The van der Waals surface area contributed by atoms with E-state index >= 15 is 0 Å². The SMILES string of the molecule is Cc1ccc(NC(=S)NC(C)c2ccc(N3CCCC3)cc2)c(C)c1. The van der Waals surface area contributed by atoms with E-state index in [2.05, 4.69) is 78.8 Å². The van der Waals surface area contributed by atoms with Crippen LogP contribution >= 0.6 is 12.2 Å². The summed E-state index contributed by atoms with van der Waals surface area (Å²) in [6, 6.07) is 15.3. The van der Waals surface area contributed by atoms with E-state index in [1.54, 1.807) is 0 Å². The first-order valence-electron chi connectivity index (χ1n) is 9.02. The fraction of sp³-hybridized carbons (Fsp3) is 0.381. The lowest BCUT2D eigenvalue weighted by atomic mass is 10.1. The van der Waals surface area contributed by atoms with E-state index in [-0.39, 0.29) is 6.04 Å². The van der Waals surface area contributed by atoms with Gasteiger partial charge in [-0.1, -0.05) is 29.8 Å². The van der Waals surface area contributed by atoms with E-state index in [4.69, 9.17) is 12.2 Å². The molecule has 1 aliphatic heterocycles. The predicted octanol–water partition coefficient (Wildman–Crippen LogP) is 4.95. The second-order valence-corrected chi connectivity index (χ2v) is 7.33. The predicted molar refractivity (Wildman–Crippen MR) is 112 cm³/mol. The maximum atomic E-state index is 5.49. The van der Waals surface area contributed by atoms with Gasteiger partial charge in [0.1, 0.15) is 0 Å². The van der Waals surface area contributed by atoms with Crippen molar-refractivity contribution in [2.45, 2.75) is 39.7 Å². The van der Waals surface area contributed by atoms with Crippen LogP contribution in [0.5, 0.6) is 0 Å². The van der Waals surface area contributed by atoms with Gasteiger partial charge in [-0.05, 0) is 75.2 Å². The van der Waals surface area contributed by atoms with Gasteiger partial charge in [0.05, 0.1) is 6.04 Å². The molecule has 4 heteroatoms. The van der Waals surface area contributed by atoms with Crippen molar-refractivity contribution in [2.75, 3.05) is 23.3 Å². The summed E-state index contributed by atoms with van der Waals surface area (Å²) >= 11 is 5.49. The Kier molecular flexibility index (Phi) is 5.59. The lowest BCUT2D eigenvalue weighted by Crippen LogP contribution is -2.31. The Morgan fingerprint density at radius 3 is 2.36 bits per heavy atom. The molecule has 0 bridgehead atoms. The molecule has 2 aromatic carbocycles. The summed E-state index contributed by atoms with van der Waals surface area (Å²) in [7, 11) is 0. The Balaban J connectivity index is 1.59. The summed E-state index contributed by atoms with van der Waals surface area (Å²) in [5, 5.41) is 7.34. The second kappa shape index (κ2) is 7.87. The number of aryl methyl sites for hydroxylation is 2. The van der Waals surface area contributed by atoms with Gasteiger partial charge >= 0.3 is 0 Å². The van der Waals surface area contributed by atoms with Crippen LogP contribution in [0.2, 0.25) is 0 Å². The molecule has 2 N–H and O–H groups in total. The largest absolute Gasteiger partial charge is 0.372 e. The van der Waals surface area contributed by atoms with Crippen molar-refractivity contribution in [1.82, 2.24) is 5.32 Å². The number of thiocarbonyl (C=S) groups is 1. The van der Waals surface area contributed by atoms with Crippen LogP contribution in [0.3, 0.4) is 0 Å². The molecule has 1 heterocycles. The third kappa shape index (κ3) is 4.51. The third-order valence-corrected chi connectivity index (χ3v) is 5.06. The van der Waals surface area contributed by atoms with E-state index in [9.17, 15) is 0 Å². The van der Waals surface area contributed by atoms with Gasteiger partial charge in [0, 0.05) is 24.5 Å². The smallest absolute Gasteiger partial charge is 0.171 e. The molecule has 1 aliphatic rings. The Labute approximate surface area is 156 Å². The minimum absolute atomic E-state index is 0.165. The van der Waals surface area contributed by atoms with E-state index in [1.165, 1.54) is 48.3 Å². The number of nitrogens with one attached hydrogen (secondary N) is 2. The van der Waals surface area contributed by atoms with Gasteiger partial charge in [0.15, 0.2) is 5.11 Å². The zero-order valence-electron chi connectivity index (χ0n) is 15.3. The number of anilines is 2. The highest BCUT2D eigenvalue weighted by Crippen LogP contribution is 2.23. The molecule has 25 heavy (non-hydrogen) atoms. The maximum Gasteiger partial charge on any atom is 0.171 e. The number of hydrogen-bond donors (Lipinski definition) is 2. The molecule has 3 rings (SSSR count). The summed E-state index contributed by atoms with van der Waals surface area (Å²) in [5.41, 5.74) is 6.08. The normalized spacial score (nSPS) is 15.1. The number of rotatable bonds is 4. The van der Waals surface area contributed by atoms with Crippen LogP contribution in [-0.2, 0) is 0 Å². The van der Waals surface area contributed by atoms with Crippen LogP contribution in [0.1, 0.15) is 42.5 Å². The fourth-order valence-corrected chi connectivity index (χ4v) is 3.63. The van der Waals surface area contributed by atoms with Gasteiger partial charge in [-0.15, -0.1) is 0 Å². The molecular formula is C21H27N3S. The number of nitrogens with zero attached hydrogens (tertiary/aromatic N) is 1. The van der Waals surface area contributed by atoms with E-state index in [1.807, 2.05) is 0 Å². The zero-order valence-corrected chi connectivity index (χ0v) is 16.1. The maximum absolute atomic E-state index is 5.49. The van der Waals surface area contributed by atoms with Crippen molar-refractivity contribution in [3.8, 4) is 0 Å². The summed E-state index contributed by atoms with van der Waals surface area (Å²) in [6.07, 6.45) is 2.61. The first-order chi connectivity index (χ1) is 12.0. The van der Waals surface area contributed by atoms with Gasteiger partial charge in [0.25, 0.3) is 0 Å². The Morgan fingerprint density at radius 1 is 1.04 bits per heavy atom. The van der Waals surface area contributed by atoms with Crippen LogP contribution in [0.25, 0.3) is 0 Å². The molecule has 1 unspecified atom stereocenters. The lowest BCUT2D eigenvalue weighted by Gasteiger charge is -2.21. The van der Waals surface area contributed by atoms with Crippen molar-refractivity contribution >= 4 is 28.7 Å². The lowest BCUT2D eigenvalue weighted by molar-refractivity contribution is 0.722. The van der Waals surface area contributed by atoms with Crippen LogP contribution < -0.4 is 15.5 Å². The quantitative estimate of drug-likeness (QED) is 0.761. The molecule has 132 valence electrons. The molecule has 0 saturated carbocycles. The molecular weight excluding hydrogens is 326 g/mol. The van der Waals surface area contributed by atoms with Gasteiger partial charge in [-0.3, -0.25) is 0 Å². The average molecular weight is 354 g/mol. The minimum atomic E-state index is 0.165. The van der Waals surface area contributed by atoms with Crippen LogP contribution in [0.4, 0.5) is 11.4 Å². The Morgan fingerprint density at radius 2 is 1.72 bits per heavy atom. The first kappa shape index (κ1) is 17.7. The molecule has 0 aliphatic carbocycles. The summed E-state index contributed by atoms with van der Waals surface area (Å²) in [6.45, 7) is 8.69. The van der Waals surface area contributed by atoms with Crippen molar-refractivity contribution in [2.24, 2.45) is 0 Å². The molecule has 1 fully saturated rings. The van der Waals surface area contributed by atoms with Crippen molar-refractivity contribution < 1.29 is 0 Å². The highest BCUT2D eigenvalue weighted by atomic mass is 32.1. The van der Waals surface area contributed by atoms with E-state index < -0.39 is 0 Å². The molecule has 3 nitrogen and oxygen atoms in total. The monoisotopic (exact) mass is 353 g/mol. The number of benzene rings is 2. The van der Waals surface area contributed by atoms with Crippen molar-refractivity contribution in [3.05, 3.63) is 59.2 Å². The highest BCUT2D eigenvalue weighted by Gasteiger charge is 2.13. The molecule has 1 saturated heterocycles. The van der Waals surface area contributed by atoms with Crippen molar-refractivity contribution in [3.63, 3.8) is 0 Å². The van der Waals surface area contributed by atoms with Crippen LogP contribution in [0.15, 0.2) is 42.5 Å². The molecule has 0 aromatic heterocycles. The molecule has 0 spiro atoms. The van der Waals surface area contributed by atoms with Crippen LogP contribution in [-0.4, -0.2) is 18.2 Å². The zero-order chi connectivity index (χ0) is 17.8. The van der Waals surface area contributed by atoms with Crippen molar-refractivity contribution in [1.29, 1.82) is 0 Å². The molecule has 0 amide bonds. The molecule has 1 atom stereocenters. The topological polar surface area (TPSA) is 27.3 Å². The second-order valence-electron chi connectivity index (χ2n) is 6.92. The Hall–Kier alpha value is -2.07. The first-order valence-corrected chi connectivity index (χ1v) is 9.43. The molecule has 0 radical (unpaired) electrons. The summed E-state index contributed by atoms with van der Waals surface area (Å²) < 4.78 is 0. The standard InChI is InChI=1S/C21H27N3S/c1-15-6-11-20(16(2)14-15)23-21(25)22-17(3)18-7-9-19(10-8-18)24-12-4-5-13-24/h6-11,14,17H,4-5,12-13H2,1-3H3,(H2,22,23,25). The highest BCUT2D eigenvalue weighted by molar-refractivity contribution is 7.80. The summed E-state index contributed by atoms with van der Waals surface area (Å²) in [5.74, 6) is 0. The number of hydrogen-bond acceptors (Lipinski definition) is 2. The minimum Gasteiger partial charge on any atom is -0.372 e. The average Bonchev–Trinajstić information content (AvgIpc) is 3.12. The Bertz CT molecular complexity index is 733. The van der Waals surface area contributed by atoms with Gasteiger partial charge in [0.2, 0.25) is 0 Å². The van der Waals surface area contributed by atoms with E-state index in [0.29, 0.717) is 5.11 Å². The van der Waals surface area contributed by atoms with Crippen LogP contribution in [0, 0.1) is 13.8 Å². The fourth-order valence-electron chi connectivity index (χ4n) is 3.34. The third-order valence-electron chi connectivity index (χ3n) is 4.84. The molecule has 2 aromatic rings. The van der Waals surface area contributed by atoms with Gasteiger partial charge < -0.3 is 15.5 Å². The van der Waals surface area contributed by atoms with E-state index in [0.717, 1.165) is 5.69 Å². The van der Waals surface area contributed by atoms with Gasteiger partial charge in [-0.2, -0.15) is 0 Å².